The molecule has 4 heteroatoms. The Morgan fingerprint density at radius 1 is 1.54 bits per heavy atom. The number of nitrogens with two attached hydrogens (primary N) is 1. The second-order valence-electron chi connectivity index (χ2n) is 2.86. The van der Waals surface area contributed by atoms with Crippen LogP contribution in [0.4, 0.5) is 0 Å². The van der Waals surface area contributed by atoms with Crippen LogP contribution in [-0.4, -0.2) is 4.98 Å². The molecule has 1 heterocycles. The monoisotopic (exact) mass is 240 g/mol. The first-order valence-electron chi connectivity index (χ1n) is 3.93. The second-order valence-corrected chi connectivity index (χ2v) is 3.85. The van der Waals surface area contributed by atoms with Crippen LogP contribution in [0, 0.1) is 6.92 Å². The maximum absolute atomic E-state index is 5.67. The van der Waals surface area contributed by atoms with Crippen LogP contribution < -0.4 is 5.73 Å². The standard InChI is InChI=1S/C9H9BrN2O/c1-5-12-7-4-6(9(10)11)2-3-8(7)13-5/h2-4,9H,11H2,1H3. The first-order valence-corrected chi connectivity index (χ1v) is 4.85. The van der Waals surface area contributed by atoms with Crippen LogP contribution in [0.2, 0.25) is 0 Å². The summed E-state index contributed by atoms with van der Waals surface area (Å²) in [5.41, 5.74) is 8.32. The van der Waals surface area contributed by atoms with Crippen molar-refractivity contribution in [2.24, 2.45) is 5.73 Å². The van der Waals surface area contributed by atoms with Crippen LogP contribution in [0.1, 0.15) is 16.4 Å². The number of halogens is 1. The highest BCUT2D eigenvalue weighted by atomic mass is 79.9. The zero-order valence-corrected chi connectivity index (χ0v) is 8.71. The molecule has 1 unspecified atom stereocenters. The molecular formula is C9H9BrN2O. The van der Waals surface area contributed by atoms with Crippen LogP contribution in [0.5, 0.6) is 0 Å². The Hall–Kier alpha value is -0.870. The van der Waals surface area contributed by atoms with Gasteiger partial charge < -0.3 is 10.2 Å². The molecule has 1 aromatic carbocycles. The zero-order valence-electron chi connectivity index (χ0n) is 7.12. The number of hydrogen-bond acceptors (Lipinski definition) is 3. The van der Waals surface area contributed by atoms with Crippen molar-refractivity contribution in [3.8, 4) is 0 Å². The van der Waals surface area contributed by atoms with E-state index in [-0.39, 0.29) is 4.95 Å². The van der Waals surface area contributed by atoms with E-state index in [1.165, 1.54) is 0 Å². The van der Waals surface area contributed by atoms with Gasteiger partial charge in [-0.25, -0.2) is 4.98 Å². The van der Waals surface area contributed by atoms with Crippen LogP contribution in [-0.2, 0) is 0 Å². The normalized spacial score (nSPS) is 13.5. The van der Waals surface area contributed by atoms with E-state index in [1.807, 2.05) is 25.1 Å². The number of rotatable bonds is 1. The molecule has 68 valence electrons. The number of benzene rings is 1. The molecule has 0 radical (unpaired) electrons. The lowest BCUT2D eigenvalue weighted by molar-refractivity contribution is 0.561. The van der Waals surface area contributed by atoms with E-state index >= 15 is 0 Å². The fraction of sp³-hybridized carbons (Fsp3) is 0.222. The molecule has 0 bridgehead atoms. The van der Waals surface area contributed by atoms with Gasteiger partial charge in [-0.2, -0.15) is 0 Å². The highest BCUT2D eigenvalue weighted by Crippen LogP contribution is 2.22. The molecule has 2 N–H and O–H groups in total. The number of alkyl halides is 1. The van der Waals surface area contributed by atoms with Gasteiger partial charge in [-0.1, -0.05) is 22.0 Å². The van der Waals surface area contributed by atoms with Gasteiger partial charge in [0.15, 0.2) is 11.5 Å². The highest BCUT2D eigenvalue weighted by molar-refractivity contribution is 9.09. The molecule has 0 aliphatic heterocycles. The van der Waals surface area contributed by atoms with Crippen LogP contribution in [0.15, 0.2) is 22.6 Å². The Kier molecular flexibility index (Phi) is 2.09. The van der Waals surface area contributed by atoms with Crippen LogP contribution >= 0.6 is 15.9 Å². The molecule has 0 aliphatic rings. The molecule has 1 aromatic heterocycles. The van der Waals surface area contributed by atoms with Gasteiger partial charge in [0.25, 0.3) is 0 Å². The maximum Gasteiger partial charge on any atom is 0.192 e. The summed E-state index contributed by atoms with van der Waals surface area (Å²) in [6.45, 7) is 1.83. The Morgan fingerprint density at radius 2 is 2.31 bits per heavy atom. The average molecular weight is 241 g/mol. The number of aromatic nitrogens is 1. The summed E-state index contributed by atoms with van der Waals surface area (Å²) in [4.78, 5) is 4.07. The van der Waals surface area contributed by atoms with Gasteiger partial charge in [-0.05, 0) is 17.7 Å². The van der Waals surface area contributed by atoms with E-state index in [4.69, 9.17) is 10.2 Å². The van der Waals surface area contributed by atoms with Gasteiger partial charge in [-0.3, -0.25) is 0 Å². The largest absolute Gasteiger partial charge is 0.441 e. The van der Waals surface area contributed by atoms with Crippen molar-refractivity contribution in [1.29, 1.82) is 0 Å². The van der Waals surface area contributed by atoms with Crippen LogP contribution in [0.3, 0.4) is 0 Å². The number of fused-ring (bicyclic) bond motifs is 1. The molecule has 2 aromatic rings. The van der Waals surface area contributed by atoms with Gasteiger partial charge >= 0.3 is 0 Å². The molecule has 0 fully saturated rings. The zero-order chi connectivity index (χ0) is 9.42. The Morgan fingerprint density at radius 3 is 3.00 bits per heavy atom. The maximum atomic E-state index is 5.67. The van der Waals surface area contributed by atoms with Gasteiger partial charge in [0, 0.05) is 6.92 Å². The molecule has 1 atom stereocenters. The van der Waals surface area contributed by atoms with E-state index in [0.29, 0.717) is 5.89 Å². The SMILES string of the molecule is Cc1nc2cc(C(N)Br)ccc2o1. The highest BCUT2D eigenvalue weighted by Gasteiger charge is 2.05. The predicted octanol–water partition coefficient (Wildman–Crippen LogP) is 2.49. The fourth-order valence-corrected chi connectivity index (χ4v) is 1.52. The minimum absolute atomic E-state index is 0.145. The molecule has 3 nitrogen and oxygen atoms in total. The van der Waals surface area contributed by atoms with Crippen molar-refractivity contribution >= 4 is 27.0 Å². The molecule has 0 aliphatic carbocycles. The third-order valence-electron chi connectivity index (χ3n) is 1.84. The smallest absolute Gasteiger partial charge is 0.192 e. The number of nitrogens with zero attached hydrogens (tertiary/aromatic N) is 1. The van der Waals surface area contributed by atoms with E-state index in [9.17, 15) is 0 Å². The van der Waals surface area contributed by atoms with Crippen LogP contribution in [0.25, 0.3) is 11.1 Å². The molecule has 0 saturated carbocycles. The van der Waals surface area contributed by atoms with Gasteiger partial charge in [-0.15, -0.1) is 0 Å². The first-order chi connectivity index (χ1) is 6.16. The average Bonchev–Trinajstić information content (AvgIpc) is 2.42. The van der Waals surface area contributed by atoms with Gasteiger partial charge in [0.1, 0.15) is 5.52 Å². The summed E-state index contributed by atoms with van der Waals surface area (Å²) < 4.78 is 5.34. The topological polar surface area (TPSA) is 52.0 Å². The first kappa shape index (κ1) is 8.72. The van der Waals surface area contributed by atoms with Crippen molar-refractivity contribution in [1.82, 2.24) is 4.98 Å². The Balaban J connectivity index is 2.61. The van der Waals surface area contributed by atoms with Gasteiger partial charge in [0.05, 0.1) is 4.95 Å². The molecule has 0 amide bonds. The summed E-state index contributed by atoms with van der Waals surface area (Å²) >= 11 is 3.29. The summed E-state index contributed by atoms with van der Waals surface area (Å²) in [5.74, 6) is 0.676. The fourth-order valence-electron chi connectivity index (χ4n) is 1.23. The third kappa shape index (κ3) is 1.59. The van der Waals surface area contributed by atoms with Gasteiger partial charge in [0.2, 0.25) is 0 Å². The minimum Gasteiger partial charge on any atom is -0.441 e. The van der Waals surface area contributed by atoms with Crippen molar-refractivity contribution in [3.05, 3.63) is 29.7 Å². The van der Waals surface area contributed by atoms with Crippen molar-refractivity contribution < 1.29 is 4.42 Å². The molecule has 2 rings (SSSR count). The third-order valence-corrected chi connectivity index (χ3v) is 2.37. The number of oxazole rings is 1. The van der Waals surface area contributed by atoms with Crippen molar-refractivity contribution in [2.75, 3.05) is 0 Å². The lowest BCUT2D eigenvalue weighted by atomic mass is 10.2. The van der Waals surface area contributed by atoms with E-state index in [2.05, 4.69) is 20.9 Å². The Labute approximate surface area is 84.1 Å². The Bertz CT molecular complexity index is 436. The molecule has 0 saturated heterocycles. The summed E-state index contributed by atoms with van der Waals surface area (Å²) in [5, 5.41) is 0. The minimum atomic E-state index is -0.145. The second kappa shape index (κ2) is 3.12. The quantitative estimate of drug-likeness (QED) is 0.616. The summed E-state index contributed by atoms with van der Waals surface area (Å²) in [6, 6.07) is 5.73. The predicted molar refractivity (Wildman–Crippen MR) is 54.6 cm³/mol. The number of hydrogen-bond donors (Lipinski definition) is 1. The molecular weight excluding hydrogens is 232 g/mol. The lowest BCUT2D eigenvalue weighted by Gasteiger charge is -2.01. The van der Waals surface area contributed by atoms with Crippen molar-refractivity contribution in [3.63, 3.8) is 0 Å². The summed E-state index contributed by atoms with van der Waals surface area (Å²) in [7, 11) is 0. The van der Waals surface area contributed by atoms with E-state index < -0.39 is 0 Å². The summed E-state index contributed by atoms with van der Waals surface area (Å²) in [6.07, 6.45) is 0. The van der Waals surface area contributed by atoms with Crippen molar-refractivity contribution in [2.45, 2.75) is 11.9 Å². The molecule has 0 spiro atoms. The molecule has 13 heavy (non-hydrogen) atoms. The lowest BCUT2D eigenvalue weighted by Crippen LogP contribution is -2.00. The van der Waals surface area contributed by atoms with E-state index in [1.54, 1.807) is 0 Å². The van der Waals surface area contributed by atoms with E-state index in [0.717, 1.165) is 16.7 Å². The number of aryl methyl sites for hydroxylation is 1.